The molecule has 8 aliphatic rings. The zero-order valence-electron chi connectivity index (χ0n) is 25.5. The summed E-state index contributed by atoms with van der Waals surface area (Å²) in [5, 5.41) is 0. The fourth-order valence-corrected chi connectivity index (χ4v) is 10.8. The van der Waals surface area contributed by atoms with Gasteiger partial charge in [-0.15, -0.1) is 0 Å². The predicted molar refractivity (Wildman–Crippen MR) is 174 cm³/mol. The topological polar surface area (TPSA) is 9.23 Å². The molecule has 0 radical (unpaired) electrons. The summed E-state index contributed by atoms with van der Waals surface area (Å²) in [5.41, 5.74) is 17.6. The number of benzene rings is 1. The molecule has 1 nitrogen and oxygen atoms in total. The Balaban J connectivity index is 1.31. The van der Waals surface area contributed by atoms with E-state index in [0.29, 0.717) is 30.3 Å². The first-order valence-corrected chi connectivity index (χ1v) is 16.7. The van der Waals surface area contributed by atoms with Gasteiger partial charge in [-0.25, -0.2) is 0 Å². The van der Waals surface area contributed by atoms with E-state index in [9.17, 15) is 0 Å². The fraction of sp³-hybridized carbons (Fsp3) is 0.415. The maximum Gasteiger partial charge on any atom is 0.0872 e. The molecule has 1 aromatic rings. The average Bonchev–Trinajstić information content (AvgIpc) is 3.53. The highest BCUT2D eigenvalue weighted by atomic mass is 16.5. The molecule has 1 heterocycles. The number of hydrogen-bond acceptors (Lipinski definition) is 1. The maximum absolute atomic E-state index is 6.24. The molecule has 1 aliphatic heterocycles. The molecule has 1 aromatic carbocycles. The summed E-state index contributed by atoms with van der Waals surface area (Å²) >= 11 is 0. The molecule has 5 atom stereocenters. The van der Waals surface area contributed by atoms with Crippen molar-refractivity contribution >= 4 is 11.1 Å². The van der Waals surface area contributed by atoms with Gasteiger partial charge in [0.25, 0.3) is 0 Å². The molecule has 0 saturated heterocycles. The molecule has 212 valence electrons. The van der Waals surface area contributed by atoms with Crippen LogP contribution in [0.5, 0.6) is 0 Å². The third-order valence-electron chi connectivity index (χ3n) is 12.9. The molecule has 0 N–H and O–H groups in total. The van der Waals surface area contributed by atoms with Crippen LogP contribution < -0.4 is 0 Å². The van der Waals surface area contributed by atoms with Crippen LogP contribution in [0.15, 0.2) is 107 Å². The Morgan fingerprint density at radius 2 is 1.38 bits per heavy atom. The van der Waals surface area contributed by atoms with Crippen molar-refractivity contribution in [1.29, 1.82) is 0 Å². The molecular formula is C41H42O. The minimum absolute atomic E-state index is 0.0411. The Morgan fingerprint density at radius 1 is 0.714 bits per heavy atom. The smallest absolute Gasteiger partial charge is 0.0872 e. The molecule has 9 rings (SSSR count). The lowest BCUT2D eigenvalue weighted by molar-refractivity contribution is 0.0878. The second-order valence-corrected chi connectivity index (χ2v) is 13.8. The molecule has 1 saturated carbocycles. The minimum atomic E-state index is 0.0411. The zero-order valence-corrected chi connectivity index (χ0v) is 25.5. The maximum atomic E-state index is 6.24. The highest BCUT2D eigenvalue weighted by molar-refractivity contribution is 5.98. The molecular weight excluding hydrogens is 508 g/mol. The predicted octanol–water partition coefficient (Wildman–Crippen LogP) is 9.66. The summed E-state index contributed by atoms with van der Waals surface area (Å²) in [4.78, 5) is 0. The van der Waals surface area contributed by atoms with E-state index in [1.807, 2.05) is 0 Å². The molecule has 0 amide bonds. The van der Waals surface area contributed by atoms with Gasteiger partial charge in [-0.05, 0) is 94.4 Å². The van der Waals surface area contributed by atoms with Gasteiger partial charge in [0, 0.05) is 34.5 Å². The third kappa shape index (κ3) is 2.85. The van der Waals surface area contributed by atoms with Gasteiger partial charge in [0.2, 0.25) is 0 Å². The number of allylic oxidation sites excluding steroid dienone is 14. The van der Waals surface area contributed by atoms with Gasteiger partial charge < -0.3 is 4.74 Å². The van der Waals surface area contributed by atoms with Gasteiger partial charge in [0.15, 0.2) is 0 Å². The Bertz CT molecular complexity index is 1710. The highest BCUT2D eigenvalue weighted by Gasteiger charge is 2.54. The molecule has 1 heteroatoms. The SMILES string of the molecule is CCC1(CC)C2=C(CC3C(=C2)C2=CC=CC4C=CC=C3C24)C(CC)(CC)c2cc3c(cc21)C1=CC=CC2OCC=C3C12. The van der Waals surface area contributed by atoms with E-state index < -0.39 is 0 Å². The van der Waals surface area contributed by atoms with E-state index in [-0.39, 0.29) is 16.9 Å². The molecule has 42 heavy (non-hydrogen) atoms. The second kappa shape index (κ2) is 8.70. The van der Waals surface area contributed by atoms with Crippen molar-refractivity contribution in [3.8, 4) is 0 Å². The van der Waals surface area contributed by atoms with E-state index >= 15 is 0 Å². The molecule has 7 aliphatic carbocycles. The molecule has 5 unspecified atom stereocenters. The van der Waals surface area contributed by atoms with Gasteiger partial charge in [0.1, 0.15) is 0 Å². The first-order chi connectivity index (χ1) is 20.6. The van der Waals surface area contributed by atoms with Crippen LogP contribution in [0.25, 0.3) is 11.1 Å². The monoisotopic (exact) mass is 550 g/mol. The van der Waals surface area contributed by atoms with E-state index in [0.717, 1.165) is 25.7 Å². The van der Waals surface area contributed by atoms with Crippen LogP contribution in [0, 0.1) is 23.7 Å². The van der Waals surface area contributed by atoms with Crippen molar-refractivity contribution < 1.29 is 4.74 Å². The van der Waals surface area contributed by atoms with Crippen LogP contribution in [0.1, 0.15) is 82.1 Å². The summed E-state index contributed by atoms with van der Waals surface area (Å²) in [6.45, 7) is 10.5. The Morgan fingerprint density at radius 3 is 2.14 bits per heavy atom. The summed E-state index contributed by atoms with van der Waals surface area (Å²) < 4.78 is 6.24. The average molecular weight is 551 g/mol. The lowest BCUT2D eigenvalue weighted by Gasteiger charge is -2.52. The summed E-state index contributed by atoms with van der Waals surface area (Å²) in [6, 6.07) is 5.36. The van der Waals surface area contributed by atoms with Crippen LogP contribution in [0.2, 0.25) is 0 Å². The number of ether oxygens (including phenoxy) is 1. The van der Waals surface area contributed by atoms with Crippen LogP contribution in [-0.4, -0.2) is 12.7 Å². The van der Waals surface area contributed by atoms with Gasteiger partial charge in [-0.1, -0.05) is 106 Å². The Kier molecular flexibility index (Phi) is 5.25. The van der Waals surface area contributed by atoms with Crippen LogP contribution >= 0.6 is 0 Å². The third-order valence-corrected chi connectivity index (χ3v) is 12.9. The summed E-state index contributed by atoms with van der Waals surface area (Å²) in [6.07, 6.45) is 32.3. The number of rotatable bonds is 4. The largest absolute Gasteiger partial charge is 0.369 e. The van der Waals surface area contributed by atoms with Crippen LogP contribution in [0.3, 0.4) is 0 Å². The van der Waals surface area contributed by atoms with Crippen LogP contribution in [0.4, 0.5) is 0 Å². The normalized spacial score (nSPS) is 32.9. The van der Waals surface area contributed by atoms with Gasteiger partial charge in [-0.3, -0.25) is 0 Å². The quantitative estimate of drug-likeness (QED) is 0.363. The first-order valence-electron chi connectivity index (χ1n) is 16.7. The molecule has 0 aromatic heterocycles. The van der Waals surface area contributed by atoms with Crippen molar-refractivity contribution in [2.45, 2.75) is 76.7 Å². The minimum Gasteiger partial charge on any atom is -0.369 e. The lowest BCUT2D eigenvalue weighted by atomic mass is 9.51. The molecule has 0 bridgehead atoms. The number of fused-ring (bicyclic) bond motifs is 7. The fourth-order valence-electron chi connectivity index (χ4n) is 10.8. The molecule has 0 spiro atoms. The Labute approximate surface area is 251 Å². The lowest BCUT2D eigenvalue weighted by Crippen LogP contribution is -2.44. The zero-order chi connectivity index (χ0) is 28.4. The highest BCUT2D eigenvalue weighted by Crippen LogP contribution is 2.65. The van der Waals surface area contributed by atoms with Crippen molar-refractivity contribution in [3.63, 3.8) is 0 Å². The first kappa shape index (κ1) is 25.3. The van der Waals surface area contributed by atoms with Crippen molar-refractivity contribution in [1.82, 2.24) is 0 Å². The van der Waals surface area contributed by atoms with E-state index in [4.69, 9.17) is 4.74 Å². The molecule has 1 fully saturated rings. The van der Waals surface area contributed by atoms with Gasteiger partial charge in [-0.2, -0.15) is 0 Å². The van der Waals surface area contributed by atoms with Gasteiger partial charge in [0.05, 0.1) is 12.7 Å². The van der Waals surface area contributed by atoms with E-state index in [1.165, 1.54) is 28.7 Å². The summed E-state index contributed by atoms with van der Waals surface area (Å²) in [7, 11) is 0. The van der Waals surface area contributed by atoms with Crippen molar-refractivity contribution in [2.75, 3.05) is 6.61 Å². The van der Waals surface area contributed by atoms with E-state index in [1.54, 1.807) is 39.0 Å². The van der Waals surface area contributed by atoms with Gasteiger partial charge >= 0.3 is 0 Å². The van der Waals surface area contributed by atoms with Crippen LogP contribution in [-0.2, 0) is 15.6 Å². The van der Waals surface area contributed by atoms with E-state index in [2.05, 4.69) is 107 Å². The van der Waals surface area contributed by atoms with Crippen molar-refractivity contribution in [2.24, 2.45) is 23.7 Å². The standard InChI is InChI=1S/C41H42O/c1-5-40(6-2)33-20-29-25-14-9-12-24-13-10-15-26(38(24)25)30(29)21-34(33)41(7-3,8-4)36-23-32-28-18-19-42-37-17-11-16-27(39(28)37)31(32)22-35(36)40/h9-18,20,22-24,30,37-39H,5-8,19,21H2,1-4H3. The van der Waals surface area contributed by atoms with Crippen molar-refractivity contribution in [3.05, 3.63) is 129 Å². The number of hydrogen-bond donors (Lipinski definition) is 0. The Hall–Kier alpha value is -3.16. The second-order valence-electron chi connectivity index (χ2n) is 13.8. The summed E-state index contributed by atoms with van der Waals surface area (Å²) in [5.74, 6) is 1.92.